The Labute approximate surface area is 115 Å². The molecule has 1 heterocycles. The van der Waals surface area contributed by atoms with Crippen molar-refractivity contribution in [3.8, 4) is 0 Å². The van der Waals surface area contributed by atoms with Gasteiger partial charge in [0.05, 0.1) is 0 Å². The lowest BCUT2D eigenvalue weighted by atomic mass is 9.74. The Morgan fingerprint density at radius 2 is 1.79 bits per heavy atom. The molecule has 5 heteroatoms. The number of carboxylic acid groups (broad SMARTS) is 1. The highest BCUT2D eigenvalue weighted by molar-refractivity contribution is 5.74. The Morgan fingerprint density at radius 3 is 2.26 bits per heavy atom. The minimum atomic E-state index is -0.817. The summed E-state index contributed by atoms with van der Waals surface area (Å²) in [5.74, 6) is -0.817. The Balaban J connectivity index is 2.27. The molecule has 0 aliphatic carbocycles. The second-order valence-corrected chi connectivity index (χ2v) is 5.42. The Kier molecular flexibility index (Phi) is 6.12. The minimum absolute atomic E-state index is 0.0498. The van der Waals surface area contributed by atoms with Gasteiger partial charge in [-0.1, -0.05) is 26.7 Å². The molecule has 1 aliphatic heterocycles. The Morgan fingerprint density at radius 1 is 1.21 bits per heavy atom. The number of rotatable bonds is 6. The van der Waals surface area contributed by atoms with Gasteiger partial charge >= 0.3 is 12.0 Å². The largest absolute Gasteiger partial charge is 0.481 e. The summed E-state index contributed by atoms with van der Waals surface area (Å²) in [6.45, 7) is 6.52. The molecule has 110 valence electrons. The van der Waals surface area contributed by atoms with Gasteiger partial charge in [0.25, 0.3) is 0 Å². The lowest BCUT2D eigenvalue weighted by Gasteiger charge is -2.40. The standard InChI is InChI=1S/C14H26N2O3/c1-3-14(4-2)7-10-16(11-8-14)13(19)15-9-5-6-12(17)18/h3-11H2,1-2H3,(H,15,19)(H,17,18). The van der Waals surface area contributed by atoms with Crippen molar-refractivity contribution in [2.45, 2.75) is 52.4 Å². The van der Waals surface area contributed by atoms with Crippen LogP contribution in [0.4, 0.5) is 4.79 Å². The summed E-state index contributed by atoms with van der Waals surface area (Å²) in [7, 11) is 0. The monoisotopic (exact) mass is 270 g/mol. The zero-order valence-electron chi connectivity index (χ0n) is 12.1. The molecule has 1 aliphatic rings. The molecule has 0 spiro atoms. The summed E-state index contributed by atoms with van der Waals surface area (Å²) in [6, 6.07) is -0.0498. The molecule has 1 fully saturated rings. The predicted molar refractivity (Wildman–Crippen MR) is 74.1 cm³/mol. The first-order valence-corrected chi connectivity index (χ1v) is 7.27. The van der Waals surface area contributed by atoms with Crippen molar-refractivity contribution in [2.75, 3.05) is 19.6 Å². The van der Waals surface area contributed by atoms with Crippen LogP contribution in [0.3, 0.4) is 0 Å². The number of carboxylic acids is 1. The highest BCUT2D eigenvalue weighted by atomic mass is 16.4. The number of nitrogens with one attached hydrogen (secondary N) is 1. The molecule has 5 nitrogen and oxygen atoms in total. The van der Waals surface area contributed by atoms with Crippen molar-refractivity contribution in [1.29, 1.82) is 0 Å². The van der Waals surface area contributed by atoms with Gasteiger partial charge in [-0.25, -0.2) is 4.79 Å². The first-order chi connectivity index (χ1) is 9.03. The van der Waals surface area contributed by atoms with Crippen LogP contribution in [0.2, 0.25) is 0 Å². The van der Waals surface area contributed by atoms with Gasteiger partial charge < -0.3 is 15.3 Å². The van der Waals surface area contributed by atoms with Crippen LogP contribution in [0.25, 0.3) is 0 Å². The number of hydrogen-bond donors (Lipinski definition) is 2. The van der Waals surface area contributed by atoms with Gasteiger partial charge in [-0.3, -0.25) is 4.79 Å². The number of carbonyl (C=O) groups excluding carboxylic acids is 1. The molecule has 0 aromatic carbocycles. The number of amides is 2. The molecule has 2 amide bonds. The van der Waals surface area contributed by atoms with E-state index >= 15 is 0 Å². The summed E-state index contributed by atoms with van der Waals surface area (Å²) in [4.78, 5) is 24.1. The number of nitrogens with zero attached hydrogens (tertiary/aromatic N) is 1. The van der Waals surface area contributed by atoms with Gasteiger partial charge in [0.15, 0.2) is 0 Å². The topological polar surface area (TPSA) is 69.6 Å². The maximum atomic E-state index is 11.9. The van der Waals surface area contributed by atoms with Crippen molar-refractivity contribution in [2.24, 2.45) is 5.41 Å². The van der Waals surface area contributed by atoms with E-state index in [-0.39, 0.29) is 12.5 Å². The third kappa shape index (κ3) is 4.73. The van der Waals surface area contributed by atoms with E-state index in [9.17, 15) is 9.59 Å². The first kappa shape index (κ1) is 15.8. The van der Waals surface area contributed by atoms with Crippen LogP contribution in [0, 0.1) is 5.41 Å². The number of carbonyl (C=O) groups is 2. The molecule has 1 rings (SSSR count). The number of hydrogen-bond acceptors (Lipinski definition) is 2. The second kappa shape index (κ2) is 7.36. The van der Waals surface area contributed by atoms with Crippen LogP contribution in [-0.4, -0.2) is 41.6 Å². The zero-order valence-corrected chi connectivity index (χ0v) is 12.1. The molecule has 0 saturated carbocycles. The van der Waals surface area contributed by atoms with Crippen LogP contribution in [0.5, 0.6) is 0 Å². The lowest BCUT2D eigenvalue weighted by Crippen LogP contribution is -2.47. The number of urea groups is 1. The van der Waals surface area contributed by atoms with Gasteiger partial charge in [0.2, 0.25) is 0 Å². The maximum Gasteiger partial charge on any atom is 0.317 e. The van der Waals surface area contributed by atoms with Crippen LogP contribution in [0.15, 0.2) is 0 Å². The van der Waals surface area contributed by atoms with Crippen molar-refractivity contribution in [1.82, 2.24) is 10.2 Å². The van der Waals surface area contributed by atoms with E-state index in [1.54, 1.807) is 0 Å². The lowest BCUT2D eigenvalue weighted by molar-refractivity contribution is -0.137. The molecular weight excluding hydrogens is 244 g/mol. The fourth-order valence-corrected chi connectivity index (χ4v) is 2.69. The third-order valence-electron chi connectivity index (χ3n) is 4.45. The van der Waals surface area contributed by atoms with E-state index in [2.05, 4.69) is 19.2 Å². The summed E-state index contributed by atoms with van der Waals surface area (Å²) in [5, 5.41) is 11.3. The van der Waals surface area contributed by atoms with Crippen LogP contribution >= 0.6 is 0 Å². The smallest absolute Gasteiger partial charge is 0.317 e. The molecule has 19 heavy (non-hydrogen) atoms. The average Bonchev–Trinajstić information content (AvgIpc) is 2.43. The molecule has 2 N–H and O–H groups in total. The number of aliphatic carboxylic acids is 1. The Bertz CT molecular complexity index is 304. The van der Waals surface area contributed by atoms with E-state index < -0.39 is 5.97 Å². The molecule has 0 radical (unpaired) electrons. The highest BCUT2D eigenvalue weighted by Crippen LogP contribution is 2.37. The fourth-order valence-electron chi connectivity index (χ4n) is 2.69. The Hall–Kier alpha value is -1.26. The van der Waals surface area contributed by atoms with Gasteiger partial charge in [-0.2, -0.15) is 0 Å². The van der Waals surface area contributed by atoms with E-state index in [0.29, 0.717) is 18.4 Å². The fraction of sp³-hybridized carbons (Fsp3) is 0.857. The van der Waals surface area contributed by atoms with E-state index in [0.717, 1.165) is 25.9 Å². The molecule has 0 bridgehead atoms. The number of piperidine rings is 1. The van der Waals surface area contributed by atoms with Crippen LogP contribution in [-0.2, 0) is 4.79 Å². The van der Waals surface area contributed by atoms with Crippen LogP contribution < -0.4 is 5.32 Å². The summed E-state index contributed by atoms with van der Waals surface area (Å²) < 4.78 is 0. The van der Waals surface area contributed by atoms with E-state index in [4.69, 9.17) is 5.11 Å². The van der Waals surface area contributed by atoms with Crippen molar-refractivity contribution in [3.05, 3.63) is 0 Å². The van der Waals surface area contributed by atoms with Crippen LogP contribution in [0.1, 0.15) is 52.4 Å². The predicted octanol–water partition coefficient (Wildman–Crippen LogP) is 2.46. The second-order valence-electron chi connectivity index (χ2n) is 5.42. The SMILES string of the molecule is CCC1(CC)CCN(C(=O)NCCCC(=O)O)CC1. The molecular formula is C14H26N2O3. The van der Waals surface area contributed by atoms with Gasteiger partial charge in [0.1, 0.15) is 0 Å². The van der Waals surface area contributed by atoms with Gasteiger partial charge in [0, 0.05) is 26.1 Å². The molecule has 0 unspecified atom stereocenters. The first-order valence-electron chi connectivity index (χ1n) is 7.27. The summed E-state index contributed by atoms with van der Waals surface area (Å²) >= 11 is 0. The molecule has 0 aromatic heterocycles. The number of likely N-dealkylation sites (tertiary alicyclic amines) is 1. The molecule has 0 atom stereocenters. The highest BCUT2D eigenvalue weighted by Gasteiger charge is 2.32. The van der Waals surface area contributed by atoms with Gasteiger partial charge in [-0.05, 0) is 24.7 Å². The normalized spacial score (nSPS) is 18.1. The van der Waals surface area contributed by atoms with E-state index in [1.807, 2.05) is 4.90 Å². The maximum absolute atomic E-state index is 11.9. The third-order valence-corrected chi connectivity index (χ3v) is 4.45. The van der Waals surface area contributed by atoms with Gasteiger partial charge in [-0.15, -0.1) is 0 Å². The van der Waals surface area contributed by atoms with Crippen molar-refractivity contribution < 1.29 is 14.7 Å². The molecule has 0 aromatic rings. The minimum Gasteiger partial charge on any atom is -0.481 e. The zero-order chi connectivity index (χ0) is 14.3. The summed E-state index contributed by atoms with van der Waals surface area (Å²) in [6.07, 6.45) is 5.10. The van der Waals surface area contributed by atoms with Crippen molar-refractivity contribution in [3.63, 3.8) is 0 Å². The quantitative estimate of drug-likeness (QED) is 0.728. The summed E-state index contributed by atoms with van der Waals surface area (Å²) in [5.41, 5.74) is 0.417. The van der Waals surface area contributed by atoms with Crippen molar-refractivity contribution >= 4 is 12.0 Å². The average molecular weight is 270 g/mol. The van der Waals surface area contributed by atoms with E-state index in [1.165, 1.54) is 12.8 Å². The molecule has 1 saturated heterocycles.